The number of rotatable bonds is 9. The van der Waals surface area contributed by atoms with E-state index in [9.17, 15) is 14.9 Å². The summed E-state index contributed by atoms with van der Waals surface area (Å²) in [6.45, 7) is 1.97. The van der Waals surface area contributed by atoms with Gasteiger partial charge in [-0.1, -0.05) is 60.1 Å². The molecule has 0 aliphatic heterocycles. The third kappa shape index (κ3) is 5.55. The fourth-order valence-corrected chi connectivity index (χ4v) is 4.79. The number of hydrogen-bond acceptors (Lipinski definition) is 8. The van der Waals surface area contributed by atoms with E-state index in [-0.39, 0.29) is 36.2 Å². The molecule has 10 nitrogen and oxygen atoms in total. The summed E-state index contributed by atoms with van der Waals surface area (Å²) >= 11 is 6.25. The number of para-hydroxylation sites is 2. The molecule has 2 aromatic heterocycles. The van der Waals surface area contributed by atoms with Crippen LogP contribution >= 0.6 is 11.6 Å². The molecule has 0 unspecified atom stereocenters. The number of furan rings is 1. The molecule has 6 rings (SSSR count). The highest BCUT2D eigenvalue weighted by Gasteiger charge is 2.23. The minimum absolute atomic E-state index is 0.00691. The first kappa shape index (κ1) is 27.7. The zero-order valence-corrected chi connectivity index (χ0v) is 23.5. The molecule has 11 heteroatoms. The Morgan fingerprint density at radius 3 is 2.58 bits per heavy atom. The quantitative estimate of drug-likeness (QED) is 0.0982. The second-order valence-corrected chi connectivity index (χ2v) is 9.81. The van der Waals surface area contributed by atoms with Gasteiger partial charge >= 0.3 is 5.69 Å². The number of hydrogen-bond donors (Lipinski definition) is 0. The first-order valence-electron chi connectivity index (χ1n) is 13.3. The third-order valence-electron chi connectivity index (χ3n) is 6.61. The van der Waals surface area contributed by atoms with Gasteiger partial charge in [0.15, 0.2) is 11.5 Å². The first-order chi connectivity index (χ1) is 20.9. The summed E-state index contributed by atoms with van der Waals surface area (Å²) in [5.74, 6) is 0.615. The molecule has 2 heterocycles. The molecule has 0 bridgehead atoms. The zero-order chi connectivity index (χ0) is 29.9. The number of nitro benzene ring substituents is 1. The van der Waals surface area contributed by atoms with Crippen LogP contribution in [0.25, 0.3) is 33.5 Å². The van der Waals surface area contributed by atoms with Gasteiger partial charge in [0.2, 0.25) is 11.6 Å². The lowest BCUT2D eigenvalue weighted by atomic mass is 10.1. The minimum atomic E-state index is -0.564. The average Bonchev–Trinajstić information content (AvgIpc) is 3.45. The van der Waals surface area contributed by atoms with Gasteiger partial charge in [0.25, 0.3) is 5.56 Å². The second-order valence-electron chi connectivity index (χ2n) is 9.40. The number of halogens is 1. The van der Waals surface area contributed by atoms with E-state index in [1.165, 1.54) is 12.3 Å². The molecule has 43 heavy (non-hydrogen) atoms. The summed E-state index contributed by atoms with van der Waals surface area (Å²) in [5.41, 5.74) is 1.30. The standard InChI is InChI=1S/C32H23ClN4O6/c1-2-41-28-16-20(15-26(37(39)40)30(28)42-19-22-10-3-6-12-24(22)33)18-34-36-31(29-17-21-9-4-8-14-27(21)43-29)35-25-13-7-5-11-23(25)32(36)38/h3-18H,2,19H2,1H3. The Morgan fingerprint density at radius 2 is 1.79 bits per heavy atom. The lowest BCUT2D eigenvalue weighted by Crippen LogP contribution is -2.20. The van der Waals surface area contributed by atoms with Gasteiger partial charge in [-0.3, -0.25) is 14.9 Å². The SMILES string of the molecule is CCOc1cc(C=Nn2c(-c3cc4ccccc4o3)nc3ccccc3c2=O)cc([N+](=O)[O-])c1OCc1ccccc1Cl. The van der Waals surface area contributed by atoms with Crippen molar-refractivity contribution < 1.29 is 18.8 Å². The number of nitro groups is 1. The summed E-state index contributed by atoms with van der Waals surface area (Å²) in [4.78, 5) is 29.8. The van der Waals surface area contributed by atoms with Crippen molar-refractivity contribution in [2.75, 3.05) is 6.61 Å². The van der Waals surface area contributed by atoms with Crippen molar-refractivity contribution >= 4 is 45.4 Å². The summed E-state index contributed by atoms with van der Waals surface area (Å²) in [5, 5.41) is 18.2. The van der Waals surface area contributed by atoms with Crippen molar-refractivity contribution in [2.45, 2.75) is 13.5 Å². The van der Waals surface area contributed by atoms with Crippen molar-refractivity contribution in [2.24, 2.45) is 5.10 Å². The monoisotopic (exact) mass is 594 g/mol. The zero-order valence-electron chi connectivity index (χ0n) is 22.8. The molecular weight excluding hydrogens is 572 g/mol. The Kier molecular flexibility index (Phi) is 7.59. The van der Waals surface area contributed by atoms with Crippen molar-refractivity contribution in [1.29, 1.82) is 0 Å². The highest BCUT2D eigenvalue weighted by Crippen LogP contribution is 2.39. The Labute approximate surface area is 249 Å². The van der Waals surface area contributed by atoms with E-state index in [1.807, 2.05) is 24.3 Å². The van der Waals surface area contributed by atoms with Crippen LogP contribution < -0.4 is 15.0 Å². The van der Waals surface area contributed by atoms with Crippen LogP contribution in [0.1, 0.15) is 18.1 Å². The van der Waals surface area contributed by atoms with Gasteiger partial charge in [0.1, 0.15) is 12.2 Å². The smallest absolute Gasteiger partial charge is 0.315 e. The maximum absolute atomic E-state index is 13.6. The fraction of sp³-hybridized carbons (Fsp3) is 0.0938. The Morgan fingerprint density at radius 1 is 1.02 bits per heavy atom. The largest absolute Gasteiger partial charge is 0.490 e. The lowest BCUT2D eigenvalue weighted by Gasteiger charge is -2.14. The van der Waals surface area contributed by atoms with Gasteiger partial charge in [-0.2, -0.15) is 9.78 Å². The summed E-state index contributed by atoms with van der Waals surface area (Å²) < 4.78 is 18.7. The highest BCUT2D eigenvalue weighted by molar-refractivity contribution is 6.31. The lowest BCUT2D eigenvalue weighted by molar-refractivity contribution is -0.386. The van der Waals surface area contributed by atoms with Gasteiger partial charge in [0, 0.05) is 27.6 Å². The molecule has 0 spiro atoms. The van der Waals surface area contributed by atoms with Crippen LogP contribution in [0.5, 0.6) is 11.5 Å². The Hall–Kier alpha value is -5.48. The first-order valence-corrected chi connectivity index (χ1v) is 13.7. The summed E-state index contributed by atoms with van der Waals surface area (Å²) in [6, 6.07) is 26.0. The van der Waals surface area contributed by atoms with E-state index in [4.69, 9.17) is 25.5 Å². The van der Waals surface area contributed by atoms with Gasteiger partial charge < -0.3 is 13.9 Å². The predicted octanol–water partition coefficient (Wildman–Crippen LogP) is 7.23. The molecule has 0 atom stereocenters. The van der Waals surface area contributed by atoms with Gasteiger partial charge in [-0.25, -0.2) is 4.98 Å². The van der Waals surface area contributed by atoms with E-state index >= 15 is 0 Å². The van der Waals surface area contributed by atoms with E-state index in [1.54, 1.807) is 67.6 Å². The molecule has 0 fully saturated rings. The molecule has 0 aliphatic rings. The third-order valence-corrected chi connectivity index (χ3v) is 6.97. The molecule has 0 radical (unpaired) electrons. The molecule has 0 aliphatic carbocycles. The molecule has 6 aromatic rings. The topological polar surface area (TPSA) is 122 Å². The fourth-order valence-electron chi connectivity index (χ4n) is 4.60. The average molecular weight is 595 g/mol. The number of nitrogens with zero attached hydrogens (tertiary/aromatic N) is 4. The van der Waals surface area contributed by atoms with Crippen LogP contribution in [0.4, 0.5) is 5.69 Å². The molecule has 0 saturated carbocycles. The molecule has 0 amide bonds. The van der Waals surface area contributed by atoms with Gasteiger partial charge in [0.05, 0.1) is 28.6 Å². The molecule has 0 N–H and O–H groups in total. The number of aromatic nitrogens is 2. The van der Waals surface area contributed by atoms with E-state index < -0.39 is 10.5 Å². The maximum Gasteiger partial charge on any atom is 0.315 e. The maximum atomic E-state index is 13.6. The second kappa shape index (κ2) is 11.8. The van der Waals surface area contributed by atoms with Crippen molar-refractivity contribution in [3.63, 3.8) is 0 Å². The van der Waals surface area contributed by atoms with Crippen LogP contribution in [-0.2, 0) is 6.61 Å². The van der Waals surface area contributed by atoms with Crippen molar-refractivity contribution in [1.82, 2.24) is 9.66 Å². The summed E-state index contributed by atoms with van der Waals surface area (Å²) in [6.07, 6.45) is 1.33. The van der Waals surface area contributed by atoms with Crippen LogP contribution in [0.15, 0.2) is 105 Å². The van der Waals surface area contributed by atoms with Crippen LogP contribution in [0.3, 0.4) is 0 Å². The Bertz CT molecular complexity index is 2050. The van der Waals surface area contributed by atoms with Gasteiger partial charge in [-0.15, -0.1) is 0 Å². The number of fused-ring (bicyclic) bond motifs is 2. The molecular formula is C32H23ClN4O6. The van der Waals surface area contributed by atoms with Crippen LogP contribution in [0, 0.1) is 10.1 Å². The van der Waals surface area contributed by atoms with Crippen LogP contribution in [-0.4, -0.2) is 27.4 Å². The molecule has 4 aromatic carbocycles. The molecule has 0 saturated heterocycles. The predicted molar refractivity (Wildman–Crippen MR) is 164 cm³/mol. The van der Waals surface area contributed by atoms with E-state index in [0.29, 0.717) is 38.4 Å². The number of benzene rings is 4. The number of ether oxygens (including phenoxy) is 2. The highest BCUT2D eigenvalue weighted by atomic mass is 35.5. The summed E-state index contributed by atoms with van der Waals surface area (Å²) in [7, 11) is 0. The van der Waals surface area contributed by atoms with Crippen molar-refractivity contribution in [3.8, 4) is 23.1 Å². The van der Waals surface area contributed by atoms with Crippen LogP contribution in [0.2, 0.25) is 5.02 Å². The van der Waals surface area contributed by atoms with Gasteiger partial charge in [-0.05, 0) is 43.3 Å². The minimum Gasteiger partial charge on any atom is -0.490 e. The normalized spacial score (nSPS) is 11.4. The Balaban J connectivity index is 1.45. The molecule has 214 valence electrons. The van der Waals surface area contributed by atoms with Crippen molar-refractivity contribution in [3.05, 3.63) is 128 Å². The van der Waals surface area contributed by atoms with E-state index in [0.717, 1.165) is 10.1 Å². The van der Waals surface area contributed by atoms with E-state index in [2.05, 4.69) is 10.1 Å².